The number of sulfone groups is 1. The minimum atomic E-state index is -3.31. The molecule has 1 aliphatic rings. The van der Waals surface area contributed by atoms with Crippen LogP contribution in [-0.4, -0.2) is 31.7 Å². The quantitative estimate of drug-likeness (QED) is 0.424. The van der Waals surface area contributed by atoms with E-state index in [-0.39, 0.29) is 5.25 Å². The summed E-state index contributed by atoms with van der Waals surface area (Å²) in [7, 11) is -3.31. The topological polar surface area (TPSA) is 50.3 Å². The lowest BCUT2D eigenvalue weighted by atomic mass is 9.96. The molecule has 0 bridgehead atoms. The maximum Gasteiger partial charge on any atom is 0.185 e. The van der Waals surface area contributed by atoms with E-state index in [9.17, 15) is 8.42 Å². The van der Waals surface area contributed by atoms with Gasteiger partial charge in [0.2, 0.25) is 0 Å². The zero-order chi connectivity index (χ0) is 22.2. The van der Waals surface area contributed by atoms with Crippen molar-refractivity contribution in [3.05, 3.63) is 74.2 Å². The number of hydrogen-bond acceptors (Lipinski definition) is 5. The second kappa shape index (κ2) is 9.04. The molecule has 0 aliphatic carbocycles. The first-order valence-corrected chi connectivity index (χ1v) is 13.7. The Labute approximate surface area is 197 Å². The summed E-state index contributed by atoms with van der Waals surface area (Å²) >= 11 is 5.03. The summed E-state index contributed by atoms with van der Waals surface area (Å²) < 4.78 is 26.8. The summed E-state index contributed by atoms with van der Waals surface area (Å²) in [6.45, 7) is 7.89. The first-order valence-electron chi connectivity index (χ1n) is 10.5. The second-order valence-corrected chi connectivity index (χ2v) is 12.3. The van der Waals surface area contributed by atoms with Gasteiger partial charge in [0.15, 0.2) is 15.0 Å². The summed E-state index contributed by atoms with van der Waals surface area (Å²) in [6, 6.07) is 11.5. The Hall–Kier alpha value is -1.70. The zero-order valence-corrected chi connectivity index (χ0v) is 21.3. The zero-order valence-electron chi connectivity index (χ0n) is 18.1. The predicted molar refractivity (Wildman–Crippen MR) is 132 cm³/mol. The van der Waals surface area contributed by atoms with Crippen LogP contribution in [0.5, 0.6) is 0 Å². The lowest BCUT2D eigenvalue weighted by Gasteiger charge is -2.31. The molecule has 2 aromatic carbocycles. The monoisotopic (exact) mass is 518 g/mol. The third-order valence-corrected chi connectivity index (χ3v) is 9.72. The molecule has 1 aromatic heterocycles. The first kappa shape index (κ1) is 22.5. The van der Waals surface area contributed by atoms with Crippen LogP contribution in [0.2, 0.25) is 0 Å². The fraction of sp³-hybridized carbons (Fsp3) is 0.375. The third kappa shape index (κ3) is 4.89. The molecule has 0 radical (unpaired) electrons. The van der Waals surface area contributed by atoms with E-state index in [2.05, 4.69) is 59.1 Å². The molecule has 31 heavy (non-hydrogen) atoms. The summed E-state index contributed by atoms with van der Waals surface area (Å²) in [5.41, 5.74) is 6.34. The number of aryl methyl sites for hydroxylation is 3. The van der Waals surface area contributed by atoms with Gasteiger partial charge in [0, 0.05) is 29.4 Å². The Morgan fingerprint density at radius 1 is 1.10 bits per heavy atom. The Morgan fingerprint density at radius 2 is 1.77 bits per heavy atom. The van der Waals surface area contributed by atoms with Crippen molar-refractivity contribution in [1.82, 2.24) is 4.98 Å². The molecule has 1 fully saturated rings. The van der Waals surface area contributed by atoms with Gasteiger partial charge >= 0.3 is 0 Å². The van der Waals surface area contributed by atoms with E-state index in [0.29, 0.717) is 30.8 Å². The molecule has 7 heteroatoms. The van der Waals surface area contributed by atoms with E-state index in [1.165, 1.54) is 22.3 Å². The van der Waals surface area contributed by atoms with E-state index >= 15 is 0 Å². The highest BCUT2D eigenvalue weighted by atomic mass is 79.9. The molecule has 4 rings (SSSR count). The van der Waals surface area contributed by atoms with Crippen molar-refractivity contribution in [1.29, 1.82) is 0 Å². The van der Waals surface area contributed by atoms with Gasteiger partial charge < -0.3 is 4.90 Å². The Bertz CT molecular complexity index is 1170. The first-order chi connectivity index (χ1) is 14.7. The van der Waals surface area contributed by atoms with Crippen LogP contribution < -0.4 is 4.90 Å². The number of aromatic nitrogens is 1. The van der Waals surface area contributed by atoms with Crippen LogP contribution in [0, 0.1) is 20.8 Å². The van der Waals surface area contributed by atoms with E-state index in [1.54, 1.807) is 29.5 Å². The van der Waals surface area contributed by atoms with Crippen LogP contribution in [0.25, 0.3) is 0 Å². The average molecular weight is 520 g/mol. The van der Waals surface area contributed by atoms with Gasteiger partial charge in [-0.3, -0.25) is 0 Å². The van der Waals surface area contributed by atoms with E-state index < -0.39 is 9.84 Å². The van der Waals surface area contributed by atoms with Crippen LogP contribution in [0.3, 0.4) is 0 Å². The van der Waals surface area contributed by atoms with Crippen LogP contribution in [0.4, 0.5) is 5.13 Å². The van der Waals surface area contributed by atoms with Gasteiger partial charge in [0.1, 0.15) is 0 Å². The smallest absolute Gasteiger partial charge is 0.185 e. The maximum atomic E-state index is 13.0. The summed E-state index contributed by atoms with van der Waals surface area (Å²) in [6.07, 6.45) is 2.09. The van der Waals surface area contributed by atoms with Crippen molar-refractivity contribution in [2.24, 2.45) is 0 Å². The SMILES string of the molecule is Cc1cc(C)c(Cc2csc(N3CCC(S(=O)(=O)c4cccc(Br)c4)CC3)n2)c(C)c1. The fourth-order valence-corrected chi connectivity index (χ4v) is 7.59. The van der Waals surface area contributed by atoms with Gasteiger partial charge in [0.05, 0.1) is 15.8 Å². The van der Waals surface area contributed by atoms with Gasteiger partial charge in [-0.25, -0.2) is 13.4 Å². The number of anilines is 1. The van der Waals surface area contributed by atoms with Crippen molar-refractivity contribution in [3.8, 4) is 0 Å². The second-order valence-electron chi connectivity index (χ2n) is 8.36. The molecule has 4 nitrogen and oxygen atoms in total. The fourth-order valence-electron chi connectivity index (χ4n) is 4.39. The molecule has 0 atom stereocenters. The van der Waals surface area contributed by atoms with Gasteiger partial charge in [-0.15, -0.1) is 11.3 Å². The Balaban J connectivity index is 1.43. The molecule has 2 heterocycles. The van der Waals surface area contributed by atoms with Crippen molar-refractivity contribution >= 4 is 42.2 Å². The number of benzene rings is 2. The normalized spacial score (nSPS) is 15.4. The lowest BCUT2D eigenvalue weighted by Crippen LogP contribution is -2.39. The number of nitrogens with zero attached hydrogens (tertiary/aromatic N) is 2. The number of hydrogen-bond donors (Lipinski definition) is 0. The highest BCUT2D eigenvalue weighted by Crippen LogP contribution is 2.31. The lowest BCUT2D eigenvalue weighted by molar-refractivity contribution is 0.529. The van der Waals surface area contributed by atoms with E-state index in [0.717, 1.165) is 21.7 Å². The molecular weight excluding hydrogens is 492 g/mol. The van der Waals surface area contributed by atoms with Gasteiger partial charge in [-0.05, 0) is 68.5 Å². The molecule has 1 saturated heterocycles. The van der Waals surface area contributed by atoms with Crippen LogP contribution in [0.15, 0.2) is 51.1 Å². The summed E-state index contributed by atoms with van der Waals surface area (Å²) in [4.78, 5) is 7.52. The molecular formula is C24H27BrN2O2S2. The average Bonchev–Trinajstić information content (AvgIpc) is 3.19. The van der Waals surface area contributed by atoms with Gasteiger partial charge in [0.25, 0.3) is 0 Å². The number of rotatable bonds is 5. The molecule has 0 N–H and O–H groups in total. The van der Waals surface area contributed by atoms with Crippen molar-refractivity contribution < 1.29 is 8.42 Å². The largest absolute Gasteiger partial charge is 0.348 e. The highest BCUT2D eigenvalue weighted by molar-refractivity contribution is 9.10. The summed E-state index contributed by atoms with van der Waals surface area (Å²) in [5, 5.41) is 2.80. The molecule has 0 amide bonds. The molecule has 0 spiro atoms. The molecule has 0 saturated carbocycles. The van der Waals surface area contributed by atoms with Crippen LogP contribution >= 0.6 is 27.3 Å². The third-order valence-electron chi connectivity index (χ3n) is 6.01. The number of piperidine rings is 1. The van der Waals surface area contributed by atoms with Crippen LogP contribution in [-0.2, 0) is 16.3 Å². The van der Waals surface area contributed by atoms with E-state index in [1.807, 2.05) is 6.07 Å². The number of halogens is 1. The molecule has 0 unspecified atom stereocenters. The predicted octanol–water partition coefficient (Wildman–Crippen LogP) is 5.86. The minimum Gasteiger partial charge on any atom is -0.348 e. The number of thiazole rings is 1. The Morgan fingerprint density at radius 3 is 2.42 bits per heavy atom. The summed E-state index contributed by atoms with van der Waals surface area (Å²) in [5.74, 6) is 0. The molecule has 3 aromatic rings. The maximum absolute atomic E-state index is 13.0. The Kier molecular flexibility index (Phi) is 6.56. The highest BCUT2D eigenvalue weighted by Gasteiger charge is 2.32. The standard InChI is InChI=1S/C24H27BrN2O2S2/c1-16-11-17(2)23(18(3)12-16)14-20-15-30-24(26-20)27-9-7-21(8-10-27)31(28,29)22-6-4-5-19(25)13-22/h4-6,11-13,15,21H,7-10,14H2,1-3H3. The minimum absolute atomic E-state index is 0.338. The van der Waals surface area contributed by atoms with E-state index in [4.69, 9.17) is 4.98 Å². The van der Waals surface area contributed by atoms with Crippen molar-refractivity contribution in [2.75, 3.05) is 18.0 Å². The van der Waals surface area contributed by atoms with Crippen LogP contribution in [0.1, 0.15) is 40.8 Å². The van der Waals surface area contributed by atoms with Gasteiger partial charge in [-0.1, -0.05) is 39.7 Å². The molecule has 1 aliphatic heterocycles. The van der Waals surface area contributed by atoms with Gasteiger partial charge in [-0.2, -0.15) is 0 Å². The van der Waals surface area contributed by atoms with Crippen molar-refractivity contribution in [2.45, 2.75) is 50.2 Å². The van der Waals surface area contributed by atoms with Crippen molar-refractivity contribution in [3.63, 3.8) is 0 Å². The molecule has 164 valence electrons.